The Bertz CT molecular complexity index is 2400. The maximum absolute atomic E-state index is 11.5. The van der Waals surface area contributed by atoms with Crippen LogP contribution >= 0.6 is 0 Å². The van der Waals surface area contributed by atoms with Crippen LogP contribution in [0.25, 0.3) is 21.5 Å². The van der Waals surface area contributed by atoms with Gasteiger partial charge in [-0.1, -0.05) is 137 Å². The summed E-state index contributed by atoms with van der Waals surface area (Å²) < 4.78 is 0. The average Bonchev–Trinajstić information content (AvgIpc) is 3.23. The molecule has 1 atom stereocenters. The number of benzene rings is 5. The highest BCUT2D eigenvalue weighted by atomic mass is 16.4. The number of carboxylic acids is 1. The Labute approximate surface area is 346 Å². The summed E-state index contributed by atoms with van der Waals surface area (Å²) in [5.74, 6) is 6.20. The predicted molar refractivity (Wildman–Crippen MR) is 243 cm³/mol. The molecule has 298 valence electrons. The maximum atomic E-state index is 11.5. The topological polar surface area (TPSA) is 89.7 Å². The number of quaternary nitrogens is 1. The van der Waals surface area contributed by atoms with Crippen molar-refractivity contribution in [2.75, 3.05) is 18.4 Å². The van der Waals surface area contributed by atoms with E-state index in [0.29, 0.717) is 6.54 Å². The first-order valence-corrected chi connectivity index (χ1v) is 21.0. The number of fused-ring (bicyclic) bond motifs is 2. The van der Waals surface area contributed by atoms with Gasteiger partial charge in [0.25, 0.3) is 0 Å². The fourth-order valence-electron chi connectivity index (χ4n) is 8.35. The van der Waals surface area contributed by atoms with Crippen LogP contribution in [0.3, 0.4) is 0 Å². The first kappa shape index (κ1) is 43.2. The number of rotatable bonds is 14. The summed E-state index contributed by atoms with van der Waals surface area (Å²) in [4.78, 5) is 11.5. The van der Waals surface area contributed by atoms with Crippen molar-refractivity contribution >= 4 is 38.9 Å². The molecule has 1 aliphatic carbocycles. The Kier molecular flexibility index (Phi) is 15.3. The number of allylic oxidation sites excluding steroid dienone is 6. The normalized spacial score (nSPS) is 14.7. The molecule has 0 heterocycles. The zero-order valence-corrected chi connectivity index (χ0v) is 35.3. The van der Waals surface area contributed by atoms with Gasteiger partial charge in [0.05, 0.1) is 30.0 Å². The molecule has 0 amide bonds. The molecule has 4 N–H and O–H groups in total. The molecule has 0 radical (unpaired) electrons. The molecule has 0 fully saturated rings. The molecular formula is C53H60N3O2+. The molecule has 5 nitrogen and oxygen atoms in total. The van der Waals surface area contributed by atoms with Crippen molar-refractivity contribution in [1.82, 2.24) is 0 Å². The predicted octanol–water partition coefficient (Wildman–Crippen LogP) is 11.9. The van der Waals surface area contributed by atoms with E-state index in [1.54, 1.807) is 0 Å². The van der Waals surface area contributed by atoms with Crippen molar-refractivity contribution in [1.29, 1.82) is 5.26 Å². The van der Waals surface area contributed by atoms with Gasteiger partial charge in [0.2, 0.25) is 0 Å². The fourth-order valence-corrected chi connectivity index (χ4v) is 8.35. The van der Waals surface area contributed by atoms with Crippen molar-refractivity contribution in [3.05, 3.63) is 155 Å². The smallest absolute Gasteiger partial charge is 0.309 e. The molecule has 58 heavy (non-hydrogen) atoms. The van der Waals surface area contributed by atoms with Crippen molar-refractivity contribution in [3.63, 3.8) is 0 Å². The molecule has 6 rings (SSSR count). The molecule has 5 heteroatoms. The van der Waals surface area contributed by atoms with Crippen LogP contribution < -0.4 is 10.6 Å². The van der Waals surface area contributed by atoms with Gasteiger partial charge in [-0.25, -0.2) is 0 Å². The van der Waals surface area contributed by atoms with E-state index in [0.717, 1.165) is 78.5 Å². The van der Waals surface area contributed by atoms with Crippen LogP contribution in [0.5, 0.6) is 0 Å². The third kappa shape index (κ3) is 10.5. The molecule has 0 bridgehead atoms. The van der Waals surface area contributed by atoms with Gasteiger partial charge >= 0.3 is 5.97 Å². The molecule has 1 aliphatic rings. The van der Waals surface area contributed by atoms with E-state index < -0.39 is 11.4 Å². The number of nitriles is 1. The molecule has 1 unspecified atom stereocenters. The third-order valence-electron chi connectivity index (χ3n) is 11.0. The summed E-state index contributed by atoms with van der Waals surface area (Å²) in [6.07, 6.45) is 11.7. The molecule has 0 saturated heterocycles. The van der Waals surface area contributed by atoms with Crippen molar-refractivity contribution in [3.8, 4) is 17.9 Å². The van der Waals surface area contributed by atoms with Crippen LogP contribution in [-0.2, 0) is 22.0 Å². The van der Waals surface area contributed by atoms with Crippen LogP contribution in [0.15, 0.2) is 138 Å². The second-order valence-corrected chi connectivity index (χ2v) is 15.8. The van der Waals surface area contributed by atoms with Crippen LogP contribution in [0.4, 0.5) is 11.4 Å². The summed E-state index contributed by atoms with van der Waals surface area (Å²) >= 11 is 0. The van der Waals surface area contributed by atoms with Crippen molar-refractivity contribution < 1.29 is 15.2 Å². The zero-order valence-electron chi connectivity index (χ0n) is 35.3. The second-order valence-electron chi connectivity index (χ2n) is 15.8. The summed E-state index contributed by atoms with van der Waals surface area (Å²) in [6.45, 7) is 14.2. The lowest BCUT2D eigenvalue weighted by atomic mass is 9.72. The van der Waals surface area contributed by atoms with Crippen LogP contribution in [0.2, 0.25) is 0 Å². The zero-order chi connectivity index (χ0) is 41.5. The van der Waals surface area contributed by atoms with Gasteiger partial charge in [-0.15, -0.1) is 0 Å². The van der Waals surface area contributed by atoms with Crippen LogP contribution in [-0.4, -0.2) is 24.2 Å². The second kappa shape index (κ2) is 20.5. The number of hydrogen-bond acceptors (Lipinski definition) is 3. The molecule has 0 aromatic heterocycles. The Hall–Kier alpha value is -5.88. The van der Waals surface area contributed by atoms with Gasteiger partial charge in [-0.3, -0.25) is 4.79 Å². The third-order valence-corrected chi connectivity index (χ3v) is 11.0. The van der Waals surface area contributed by atoms with Gasteiger partial charge in [-0.05, 0) is 115 Å². The van der Waals surface area contributed by atoms with E-state index >= 15 is 0 Å². The first-order chi connectivity index (χ1) is 28.1. The SMILES string of the molecule is CC.CCCNc1ccc2ccccc2c1C(C)(C)C#C/C=C1\CCCC(/C=C/CC(C)(Cc2ccccc2)c2c([NH2+]CCC(=O)O)ccc3ccccc23)=C1C#N. The van der Waals surface area contributed by atoms with Crippen molar-refractivity contribution in [2.24, 2.45) is 0 Å². The molecule has 0 spiro atoms. The van der Waals surface area contributed by atoms with Gasteiger partial charge < -0.3 is 15.7 Å². The monoisotopic (exact) mass is 770 g/mol. The summed E-state index contributed by atoms with van der Waals surface area (Å²) in [7, 11) is 0. The molecule has 0 saturated carbocycles. The highest BCUT2D eigenvalue weighted by molar-refractivity contribution is 5.92. The minimum Gasteiger partial charge on any atom is -0.481 e. The Morgan fingerprint density at radius 3 is 2.19 bits per heavy atom. The van der Waals surface area contributed by atoms with E-state index in [2.05, 4.69) is 165 Å². The lowest BCUT2D eigenvalue weighted by molar-refractivity contribution is -0.571. The minimum absolute atomic E-state index is 0.0880. The number of carboxylic acid groups (broad SMARTS) is 1. The summed E-state index contributed by atoms with van der Waals surface area (Å²) in [6, 6.07) is 38.8. The molecular weight excluding hydrogens is 711 g/mol. The fraction of sp³-hybridized carbons (Fsp3) is 0.321. The Morgan fingerprint density at radius 1 is 0.862 bits per heavy atom. The minimum atomic E-state index is -0.797. The number of nitrogens with two attached hydrogens (primary N) is 1. The number of carbonyl (C=O) groups is 1. The quantitative estimate of drug-likeness (QED) is 0.0775. The lowest BCUT2D eigenvalue weighted by Gasteiger charge is -2.32. The number of hydrogen-bond donors (Lipinski definition) is 3. The van der Waals surface area contributed by atoms with Gasteiger partial charge in [0.1, 0.15) is 5.69 Å². The molecule has 5 aromatic carbocycles. The maximum Gasteiger partial charge on any atom is 0.309 e. The Balaban J connectivity index is 0.00000315. The van der Waals surface area contributed by atoms with Gasteiger partial charge in [0.15, 0.2) is 0 Å². The molecule has 5 aromatic rings. The highest BCUT2D eigenvalue weighted by Gasteiger charge is 2.32. The van der Waals surface area contributed by atoms with Crippen LogP contribution in [0.1, 0.15) is 96.8 Å². The van der Waals surface area contributed by atoms with Crippen LogP contribution in [0, 0.1) is 23.2 Å². The number of aliphatic carboxylic acids is 1. The molecule has 0 aliphatic heterocycles. The average molecular weight is 771 g/mol. The Morgan fingerprint density at radius 2 is 1.52 bits per heavy atom. The number of nitrogens with zero attached hydrogens (tertiary/aromatic N) is 1. The van der Waals surface area contributed by atoms with E-state index in [9.17, 15) is 15.2 Å². The largest absolute Gasteiger partial charge is 0.481 e. The van der Waals surface area contributed by atoms with E-state index in [-0.39, 0.29) is 11.8 Å². The summed E-state index contributed by atoms with van der Waals surface area (Å²) in [5.41, 5.74) is 7.90. The first-order valence-electron chi connectivity index (χ1n) is 21.0. The number of anilines is 1. The number of nitrogens with one attached hydrogen (secondary N) is 1. The van der Waals surface area contributed by atoms with E-state index in [4.69, 9.17) is 0 Å². The lowest BCUT2D eigenvalue weighted by Crippen LogP contribution is -2.79. The van der Waals surface area contributed by atoms with E-state index in [1.807, 2.05) is 26.0 Å². The summed E-state index contributed by atoms with van der Waals surface area (Å²) in [5, 5.41) is 30.4. The standard InChI is InChI=1S/C51H53N3O2.C2H6/c1-5-33-53-45-28-26-40-18-9-11-24-42(40)48(45)50(2,3)31-14-22-38-20-13-21-39(44(38)36-52)23-15-32-51(4,35-37-16-7-6-8-17-37)49-43-25-12-10-19-41(43)27-29-46(49)54-34-30-47(55)56;1-2/h6-12,15-19,22-29,53-54H,5,13,20-21,30,32-35H2,1-4H3,(H,55,56);1-2H3/p+1/b23-15+,38-22+;. The van der Waals surface area contributed by atoms with E-state index in [1.165, 1.54) is 32.8 Å². The van der Waals surface area contributed by atoms with Gasteiger partial charge in [-0.2, -0.15) is 5.26 Å². The van der Waals surface area contributed by atoms with Gasteiger partial charge in [0, 0.05) is 28.8 Å². The van der Waals surface area contributed by atoms with Crippen molar-refractivity contribution in [2.45, 2.75) is 97.3 Å². The highest BCUT2D eigenvalue weighted by Crippen LogP contribution is 2.41.